The number of hydrogen-bond donors (Lipinski definition) is 1. The van der Waals surface area contributed by atoms with Gasteiger partial charge in [0.05, 0.1) is 23.4 Å². The predicted octanol–water partition coefficient (Wildman–Crippen LogP) is 1.19. The summed E-state index contributed by atoms with van der Waals surface area (Å²) in [6, 6.07) is 0. The Balaban J connectivity index is 2.66. The van der Waals surface area contributed by atoms with Crippen molar-refractivity contribution in [3.05, 3.63) is 24.0 Å². The summed E-state index contributed by atoms with van der Waals surface area (Å²) in [7, 11) is 0. The smallest absolute Gasteiger partial charge is 0.332 e. The van der Waals surface area contributed by atoms with Gasteiger partial charge in [-0.15, -0.1) is 0 Å². The van der Waals surface area contributed by atoms with Crippen LogP contribution in [0, 0.1) is 0 Å². The summed E-state index contributed by atoms with van der Waals surface area (Å²) >= 11 is 1.12. The summed E-state index contributed by atoms with van der Waals surface area (Å²) in [5.41, 5.74) is 0.360. The SMILES string of the molecule is O=C(O)C1=CC=COSC1. The molecule has 3 nitrogen and oxygen atoms in total. The van der Waals surface area contributed by atoms with E-state index in [0.29, 0.717) is 11.3 Å². The highest BCUT2D eigenvalue weighted by atomic mass is 32.2. The van der Waals surface area contributed by atoms with Crippen molar-refractivity contribution in [2.75, 3.05) is 5.75 Å². The van der Waals surface area contributed by atoms with Crippen LogP contribution in [0.2, 0.25) is 0 Å². The van der Waals surface area contributed by atoms with Gasteiger partial charge in [-0.3, -0.25) is 0 Å². The van der Waals surface area contributed by atoms with Crippen LogP contribution in [0.3, 0.4) is 0 Å². The molecule has 0 unspecified atom stereocenters. The second-order valence-corrected chi connectivity index (χ2v) is 2.40. The molecule has 0 amide bonds. The Labute approximate surface area is 62.6 Å². The Bertz CT molecular complexity index is 195. The highest BCUT2D eigenvalue weighted by Gasteiger charge is 2.07. The highest BCUT2D eigenvalue weighted by Crippen LogP contribution is 2.13. The van der Waals surface area contributed by atoms with Gasteiger partial charge in [0.2, 0.25) is 0 Å². The largest absolute Gasteiger partial charge is 0.478 e. The number of carboxylic acids is 1. The van der Waals surface area contributed by atoms with E-state index in [4.69, 9.17) is 9.29 Å². The van der Waals surface area contributed by atoms with Crippen molar-refractivity contribution < 1.29 is 14.1 Å². The van der Waals surface area contributed by atoms with Gasteiger partial charge in [0, 0.05) is 0 Å². The van der Waals surface area contributed by atoms with Gasteiger partial charge in [0.1, 0.15) is 6.26 Å². The van der Waals surface area contributed by atoms with Crippen LogP contribution < -0.4 is 0 Å². The fraction of sp³-hybridized carbons (Fsp3) is 0.167. The molecule has 0 atom stereocenters. The average molecular weight is 158 g/mol. The molecule has 0 aromatic rings. The van der Waals surface area contributed by atoms with Crippen molar-refractivity contribution in [3.8, 4) is 0 Å². The monoisotopic (exact) mass is 158 g/mol. The van der Waals surface area contributed by atoms with E-state index >= 15 is 0 Å². The lowest BCUT2D eigenvalue weighted by Crippen LogP contribution is -2.01. The fourth-order valence-electron chi connectivity index (χ4n) is 0.505. The number of allylic oxidation sites excluding steroid dienone is 2. The maximum absolute atomic E-state index is 10.3. The van der Waals surface area contributed by atoms with Crippen LogP contribution in [0.4, 0.5) is 0 Å². The van der Waals surface area contributed by atoms with Crippen LogP contribution in [-0.2, 0) is 8.98 Å². The first-order valence-electron chi connectivity index (χ1n) is 2.68. The minimum absolute atomic E-state index is 0.360. The third-order valence-electron chi connectivity index (χ3n) is 0.989. The minimum atomic E-state index is -0.886. The molecule has 0 aliphatic carbocycles. The third kappa shape index (κ3) is 1.80. The predicted molar refractivity (Wildman–Crippen MR) is 38.4 cm³/mol. The normalized spacial score (nSPS) is 17.0. The van der Waals surface area contributed by atoms with Crippen LogP contribution in [0.1, 0.15) is 0 Å². The van der Waals surface area contributed by atoms with E-state index in [2.05, 4.69) is 0 Å². The Morgan fingerprint density at radius 2 is 2.60 bits per heavy atom. The number of rotatable bonds is 1. The van der Waals surface area contributed by atoms with Crippen molar-refractivity contribution in [1.82, 2.24) is 0 Å². The molecule has 1 aliphatic rings. The molecule has 0 saturated carbocycles. The van der Waals surface area contributed by atoms with E-state index in [1.807, 2.05) is 0 Å². The van der Waals surface area contributed by atoms with Crippen molar-refractivity contribution in [3.63, 3.8) is 0 Å². The molecule has 1 heterocycles. The lowest BCUT2D eigenvalue weighted by atomic mass is 10.3. The van der Waals surface area contributed by atoms with Gasteiger partial charge in [-0.2, -0.15) is 0 Å². The summed E-state index contributed by atoms with van der Waals surface area (Å²) in [5, 5.41) is 8.49. The molecule has 1 rings (SSSR count). The van der Waals surface area contributed by atoms with Crippen LogP contribution in [0.15, 0.2) is 24.0 Å². The molecule has 0 fully saturated rings. The van der Waals surface area contributed by atoms with Gasteiger partial charge in [-0.25, -0.2) is 4.79 Å². The molecule has 0 saturated heterocycles. The van der Waals surface area contributed by atoms with Crippen molar-refractivity contribution in [2.24, 2.45) is 0 Å². The number of aliphatic carboxylic acids is 1. The lowest BCUT2D eigenvalue weighted by Gasteiger charge is -1.95. The molecule has 10 heavy (non-hydrogen) atoms. The molecule has 0 radical (unpaired) electrons. The third-order valence-corrected chi connectivity index (χ3v) is 1.66. The maximum atomic E-state index is 10.3. The number of carboxylic acid groups (broad SMARTS) is 1. The van der Waals surface area contributed by atoms with E-state index in [1.54, 1.807) is 6.08 Å². The van der Waals surface area contributed by atoms with E-state index < -0.39 is 5.97 Å². The summed E-state index contributed by atoms with van der Waals surface area (Å²) in [5.74, 6) is -0.495. The van der Waals surface area contributed by atoms with Gasteiger partial charge in [0.15, 0.2) is 0 Å². The Morgan fingerprint density at radius 1 is 1.80 bits per heavy atom. The first kappa shape index (κ1) is 7.21. The van der Waals surface area contributed by atoms with Crippen molar-refractivity contribution in [1.29, 1.82) is 0 Å². The molecule has 4 heteroatoms. The van der Waals surface area contributed by atoms with E-state index in [0.717, 1.165) is 12.0 Å². The summed E-state index contributed by atoms with van der Waals surface area (Å²) in [6.45, 7) is 0. The quantitative estimate of drug-likeness (QED) is 0.582. The van der Waals surface area contributed by atoms with Crippen LogP contribution >= 0.6 is 12.0 Å². The molecule has 0 bridgehead atoms. The van der Waals surface area contributed by atoms with Crippen LogP contribution in [0.25, 0.3) is 0 Å². The van der Waals surface area contributed by atoms with Gasteiger partial charge < -0.3 is 9.29 Å². The van der Waals surface area contributed by atoms with Gasteiger partial charge in [-0.05, 0) is 12.2 Å². The Kier molecular flexibility index (Phi) is 2.39. The van der Waals surface area contributed by atoms with E-state index in [-0.39, 0.29) is 0 Å². The summed E-state index contributed by atoms with van der Waals surface area (Å²) in [6.07, 6.45) is 4.56. The van der Waals surface area contributed by atoms with Gasteiger partial charge >= 0.3 is 5.97 Å². The molecule has 0 spiro atoms. The number of hydrogen-bond acceptors (Lipinski definition) is 3. The zero-order chi connectivity index (χ0) is 7.40. The molecule has 54 valence electrons. The average Bonchev–Trinajstić information content (AvgIpc) is 2.12. The Morgan fingerprint density at radius 3 is 3.30 bits per heavy atom. The first-order chi connectivity index (χ1) is 4.80. The molecular weight excluding hydrogens is 152 g/mol. The Hall–Kier alpha value is -0.900. The minimum Gasteiger partial charge on any atom is -0.478 e. The number of carbonyl (C=O) groups is 1. The maximum Gasteiger partial charge on any atom is 0.332 e. The van der Waals surface area contributed by atoms with Crippen molar-refractivity contribution >= 4 is 18.0 Å². The zero-order valence-electron chi connectivity index (χ0n) is 5.11. The summed E-state index contributed by atoms with van der Waals surface area (Å²) < 4.78 is 4.80. The molecule has 1 aliphatic heterocycles. The molecule has 0 aromatic heterocycles. The molecule has 0 aromatic carbocycles. The van der Waals surface area contributed by atoms with Gasteiger partial charge in [-0.1, -0.05) is 0 Å². The molecular formula is C6H6O3S. The second-order valence-electron chi connectivity index (χ2n) is 1.68. The lowest BCUT2D eigenvalue weighted by molar-refractivity contribution is -0.132. The van der Waals surface area contributed by atoms with Crippen LogP contribution in [-0.4, -0.2) is 16.8 Å². The van der Waals surface area contributed by atoms with E-state index in [1.165, 1.54) is 12.3 Å². The highest BCUT2D eigenvalue weighted by molar-refractivity contribution is 7.94. The van der Waals surface area contributed by atoms with E-state index in [9.17, 15) is 4.79 Å². The van der Waals surface area contributed by atoms with Crippen molar-refractivity contribution in [2.45, 2.75) is 0 Å². The second kappa shape index (κ2) is 3.31. The first-order valence-corrected chi connectivity index (χ1v) is 3.59. The van der Waals surface area contributed by atoms with Crippen LogP contribution in [0.5, 0.6) is 0 Å². The topological polar surface area (TPSA) is 46.5 Å². The molecule has 1 N–H and O–H groups in total. The van der Waals surface area contributed by atoms with Gasteiger partial charge in [0.25, 0.3) is 0 Å². The zero-order valence-corrected chi connectivity index (χ0v) is 5.93. The fourth-order valence-corrected chi connectivity index (χ4v) is 1.06. The standard InChI is InChI=1S/C6H6O3S/c7-6(8)5-2-1-3-9-10-4-5/h1-3H,4H2,(H,7,8). The summed E-state index contributed by atoms with van der Waals surface area (Å²) in [4.78, 5) is 10.3.